The van der Waals surface area contributed by atoms with Crippen molar-refractivity contribution in [3.05, 3.63) is 28.7 Å². The van der Waals surface area contributed by atoms with Crippen molar-refractivity contribution in [2.45, 2.75) is 19.8 Å². The minimum atomic E-state index is -0.445. The van der Waals surface area contributed by atoms with Gasteiger partial charge in [0.15, 0.2) is 0 Å². The van der Waals surface area contributed by atoms with E-state index in [2.05, 4.69) is 4.98 Å². The Morgan fingerprint density at radius 3 is 2.59 bits per heavy atom. The van der Waals surface area contributed by atoms with E-state index in [-0.39, 0.29) is 17.7 Å². The molecule has 7 heteroatoms. The lowest BCUT2D eigenvalue weighted by Crippen LogP contribution is -2.41. The molecule has 0 radical (unpaired) electrons. The Kier molecular flexibility index (Phi) is 3.48. The van der Waals surface area contributed by atoms with Gasteiger partial charge >= 0.3 is 5.69 Å². The van der Waals surface area contributed by atoms with Crippen LogP contribution in [0.15, 0.2) is 23.0 Å². The van der Waals surface area contributed by atoms with Crippen LogP contribution < -0.4 is 11.4 Å². The first-order valence-electron chi connectivity index (χ1n) is 7.27. The third-order valence-electron chi connectivity index (χ3n) is 4.22. The molecule has 3 N–H and O–H groups in total. The number of rotatable bonds is 1. The molecule has 1 aliphatic heterocycles. The number of carbonyl (C=O) groups excluding carboxylic acids is 2. The molecule has 1 saturated heterocycles. The number of nitrogens with two attached hydrogens (primary N) is 1. The van der Waals surface area contributed by atoms with Crippen LogP contribution in [-0.2, 0) is 4.79 Å². The summed E-state index contributed by atoms with van der Waals surface area (Å²) in [4.78, 5) is 40.5. The Morgan fingerprint density at radius 1 is 1.27 bits per heavy atom. The molecule has 2 heterocycles. The lowest BCUT2D eigenvalue weighted by Gasteiger charge is -2.30. The molecule has 7 nitrogen and oxygen atoms in total. The second-order valence-corrected chi connectivity index (χ2v) is 5.66. The highest BCUT2D eigenvalue weighted by molar-refractivity contribution is 5.92. The lowest BCUT2D eigenvalue weighted by molar-refractivity contribution is -0.130. The molecular formula is C15H18N4O3. The van der Waals surface area contributed by atoms with Gasteiger partial charge in [0, 0.05) is 31.6 Å². The average Bonchev–Trinajstić information content (AvgIpc) is 2.81. The van der Waals surface area contributed by atoms with Crippen molar-refractivity contribution >= 4 is 28.5 Å². The number of fused-ring (bicyclic) bond motifs is 1. The van der Waals surface area contributed by atoms with Crippen LogP contribution in [0.4, 0.5) is 5.69 Å². The molecule has 0 saturated carbocycles. The summed E-state index contributed by atoms with van der Waals surface area (Å²) < 4.78 is 1.18. The van der Waals surface area contributed by atoms with Crippen LogP contribution in [0.5, 0.6) is 0 Å². The summed E-state index contributed by atoms with van der Waals surface area (Å²) in [5, 5.41) is 0. The minimum absolute atomic E-state index is 0.0191. The molecule has 0 aliphatic carbocycles. The van der Waals surface area contributed by atoms with Crippen molar-refractivity contribution in [3.63, 3.8) is 0 Å². The van der Waals surface area contributed by atoms with Gasteiger partial charge in [-0.25, -0.2) is 9.36 Å². The maximum Gasteiger partial charge on any atom is 0.333 e. The Labute approximate surface area is 126 Å². The number of aromatic amines is 1. The fraction of sp³-hybridized carbons (Fsp3) is 0.400. The third-order valence-corrected chi connectivity index (χ3v) is 4.22. The van der Waals surface area contributed by atoms with Crippen LogP contribution in [0.1, 0.15) is 24.6 Å². The lowest BCUT2D eigenvalue weighted by atomic mass is 9.95. The summed E-state index contributed by atoms with van der Waals surface area (Å²) >= 11 is 0. The highest BCUT2D eigenvalue weighted by atomic mass is 16.2. The van der Waals surface area contributed by atoms with E-state index in [4.69, 9.17) is 5.73 Å². The van der Waals surface area contributed by atoms with Crippen LogP contribution in [-0.4, -0.2) is 39.4 Å². The minimum Gasteiger partial charge on any atom is -0.399 e. The summed E-state index contributed by atoms with van der Waals surface area (Å²) in [5.74, 6) is -0.445. The van der Waals surface area contributed by atoms with E-state index in [0.29, 0.717) is 42.7 Å². The van der Waals surface area contributed by atoms with E-state index < -0.39 is 5.69 Å². The van der Waals surface area contributed by atoms with Gasteiger partial charge in [-0.3, -0.25) is 9.59 Å². The fourth-order valence-electron chi connectivity index (χ4n) is 2.97. The summed E-state index contributed by atoms with van der Waals surface area (Å²) in [7, 11) is 0. The van der Waals surface area contributed by atoms with Gasteiger partial charge in [0.05, 0.1) is 11.0 Å². The van der Waals surface area contributed by atoms with E-state index in [9.17, 15) is 14.4 Å². The number of imidazole rings is 1. The first-order chi connectivity index (χ1) is 10.5. The van der Waals surface area contributed by atoms with Crippen molar-refractivity contribution in [2.24, 2.45) is 5.92 Å². The summed E-state index contributed by atoms with van der Waals surface area (Å²) in [6, 6.07) is 4.97. The summed E-state index contributed by atoms with van der Waals surface area (Å²) in [6.45, 7) is 2.63. The highest BCUT2D eigenvalue weighted by Gasteiger charge is 2.28. The molecule has 1 aromatic carbocycles. The number of aromatic nitrogens is 2. The number of benzene rings is 1. The molecule has 3 rings (SSSR count). The maximum atomic E-state index is 12.7. The van der Waals surface area contributed by atoms with Gasteiger partial charge in [-0.15, -0.1) is 0 Å². The van der Waals surface area contributed by atoms with Crippen molar-refractivity contribution in [1.29, 1.82) is 0 Å². The molecule has 0 atom stereocenters. The Hall–Kier alpha value is -2.57. The van der Waals surface area contributed by atoms with Crippen LogP contribution in [0.3, 0.4) is 0 Å². The molecule has 0 spiro atoms. The van der Waals surface area contributed by atoms with Gasteiger partial charge in [0.1, 0.15) is 0 Å². The first-order valence-corrected chi connectivity index (χ1v) is 7.27. The third kappa shape index (κ3) is 2.38. The highest BCUT2D eigenvalue weighted by Crippen LogP contribution is 2.21. The van der Waals surface area contributed by atoms with E-state index in [0.717, 1.165) is 0 Å². The smallest absolute Gasteiger partial charge is 0.333 e. The molecule has 1 amide bonds. The van der Waals surface area contributed by atoms with E-state index in [1.165, 1.54) is 11.5 Å². The van der Waals surface area contributed by atoms with Crippen molar-refractivity contribution < 1.29 is 9.59 Å². The summed E-state index contributed by atoms with van der Waals surface area (Å²) in [5.41, 5.74) is 6.87. The van der Waals surface area contributed by atoms with Gasteiger partial charge in [0.2, 0.25) is 11.8 Å². The molecule has 0 unspecified atom stereocenters. The molecular weight excluding hydrogens is 284 g/mol. The van der Waals surface area contributed by atoms with Gasteiger partial charge in [-0.1, -0.05) is 0 Å². The van der Waals surface area contributed by atoms with Crippen molar-refractivity contribution in [3.8, 4) is 0 Å². The standard InChI is InChI=1S/C15H18N4O3/c1-9(20)18-6-4-10(5-7-18)14(21)19-13-3-2-11(16)8-12(13)17-15(19)22/h2-3,8,10H,4-7,16H2,1H3,(H,17,22). The zero-order valence-corrected chi connectivity index (χ0v) is 12.3. The van der Waals surface area contributed by atoms with Crippen LogP contribution >= 0.6 is 0 Å². The molecule has 116 valence electrons. The first kappa shape index (κ1) is 14.4. The van der Waals surface area contributed by atoms with Crippen LogP contribution in [0.2, 0.25) is 0 Å². The number of anilines is 1. The number of carbonyl (C=O) groups is 2. The van der Waals surface area contributed by atoms with E-state index in [1.807, 2.05) is 0 Å². The Morgan fingerprint density at radius 2 is 1.95 bits per heavy atom. The largest absolute Gasteiger partial charge is 0.399 e. The zero-order chi connectivity index (χ0) is 15.9. The number of nitrogens with one attached hydrogen (secondary N) is 1. The number of hydrogen-bond donors (Lipinski definition) is 2. The Balaban J connectivity index is 1.89. The van der Waals surface area contributed by atoms with Gasteiger partial charge < -0.3 is 15.6 Å². The topological polar surface area (TPSA) is 101 Å². The number of nitrogens with zero attached hydrogens (tertiary/aromatic N) is 2. The number of piperidine rings is 1. The normalized spacial score (nSPS) is 16.1. The monoisotopic (exact) mass is 302 g/mol. The SMILES string of the molecule is CC(=O)N1CCC(C(=O)n2c(=O)[nH]c3cc(N)ccc32)CC1. The van der Waals surface area contributed by atoms with Gasteiger partial charge in [0.25, 0.3) is 0 Å². The number of hydrogen-bond acceptors (Lipinski definition) is 4. The second kappa shape index (κ2) is 5.32. The summed E-state index contributed by atoms with van der Waals surface area (Å²) in [6.07, 6.45) is 1.15. The number of H-pyrrole nitrogens is 1. The number of amides is 1. The molecule has 1 aromatic heterocycles. The number of nitrogen functional groups attached to an aromatic ring is 1. The maximum absolute atomic E-state index is 12.7. The fourth-order valence-corrected chi connectivity index (χ4v) is 2.97. The predicted molar refractivity (Wildman–Crippen MR) is 82.6 cm³/mol. The average molecular weight is 302 g/mol. The quantitative estimate of drug-likeness (QED) is 0.761. The molecule has 1 aliphatic rings. The zero-order valence-electron chi connectivity index (χ0n) is 12.3. The van der Waals surface area contributed by atoms with E-state index in [1.54, 1.807) is 23.1 Å². The van der Waals surface area contributed by atoms with Crippen LogP contribution in [0, 0.1) is 5.92 Å². The van der Waals surface area contributed by atoms with Crippen molar-refractivity contribution in [1.82, 2.24) is 14.5 Å². The Bertz CT molecular complexity index is 797. The van der Waals surface area contributed by atoms with Crippen molar-refractivity contribution in [2.75, 3.05) is 18.8 Å². The van der Waals surface area contributed by atoms with Gasteiger partial charge in [-0.05, 0) is 31.0 Å². The molecule has 1 fully saturated rings. The van der Waals surface area contributed by atoms with Gasteiger partial charge in [-0.2, -0.15) is 0 Å². The number of likely N-dealkylation sites (tertiary alicyclic amines) is 1. The van der Waals surface area contributed by atoms with Crippen LogP contribution in [0.25, 0.3) is 11.0 Å². The molecule has 2 aromatic rings. The molecule has 0 bridgehead atoms. The molecule has 22 heavy (non-hydrogen) atoms. The second-order valence-electron chi connectivity index (χ2n) is 5.66. The predicted octanol–water partition coefficient (Wildman–Crippen LogP) is 0.811. The van der Waals surface area contributed by atoms with E-state index >= 15 is 0 Å².